The highest BCUT2D eigenvalue weighted by atomic mass is 35.5. The summed E-state index contributed by atoms with van der Waals surface area (Å²) < 4.78 is 0. The molecule has 1 aromatic carbocycles. The van der Waals surface area contributed by atoms with Gasteiger partial charge in [0.2, 0.25) is 5.91 Å². The Labute approximate surface area is 123 Å². The van der Waals surface area contributed by atoms with Crippen LogP contribution in [0.25, 0.3) is 6.08 Å². The van der Waals surface area contributed by atoms with E-state index in [4.69, 9.17) is 28.3 Å². The molecule has 0 aliphatic heterocycles. The third-order valence-electron chi connectivity index (χ3n) is 2.69. The molecule has 1 aromatic rings. The van der Waals surface area contributed by atoms with Gasteiger partial charge >= 0.3 is 0 Å². The molecule has 0 spiro atoms. The molecule has 1 amide bonds. The largest absolute Gasteiger partial charge is 0.396 e. The summed E-state index contributed by atoms with van der Waals surface area (Å²) >= 11 is 11.8. The lowest BCUT2D eigenvalue weighted by Crippen LogP contribution is -2.33. The maximum absolute atomic E-state index is 11.7. The topological polar surface area (TPSA) is 49.3 Å². The molecule has 0 saturated heterocycles. The summed E-state index contributed by atoms with van der Waals surface area (Å²) in [4.78, 5) is 11.7. The Kier molecular flexibility index (Phi) is 6.92. The van der Waals surface area contributed by atoms with Crippen molar-refractivity contribution in [3.63, 3.8) is 0 Å². The minimum Gasteiger partial charge on any atom is -0.396 e. The molecule has 0 heterocycles. The highest BCUT2D eigenvalue weighted by molar-refractivity contribution is 6.34. The number of carbonyl (C=O) groups is 1. The zero-order chi connectivity index (χ0) is 14.3. The van der Waals surface area contributed by atoms with Crippen LogP contribution in [0.15, 0.2) is 24.3 Å². The van der Waals surface area contributed by atoms with Crippen LogP contribution in [0.1, 0.15) is 25.3 Å². The minimum absolute atomic E-state index is 0.0167. The first-order valence-electron chi connectivity index (χ1n) is 6.11. The third kappa shape index (κ3) is 5.64. The quantitative estimate of drug-likeness (QED) is 0.792. The van der Waals surface area contributed by atoms with Crippen LogP contribution in [0, 0.1) is 0 Å². The average Bonchev–Trinajstić information content (AvgIpc) is 2.39. The summed E-state index contributed by atoms with van der Waals surface area (Å²) in [5.74, 6) is -0.212. The maximum Gasteiger partial charge on any atom is 0.244 e. The van der Waals surface area contributed by atoms with Gasteiger partial charge in [0.1, 0.15) is 0 Å². The Hall–Kier alpha value is -1.03. The summed E-state index contributed by atoms with van der Waals surface area (Å²) in [6, 6.07) is 5.05. The van der Waals surface area contributed by atoms with E-state index in [0.717, 1.165) is 6.42 Å². The fraction of sp³-hybridized carbons (Fsp3) is 0.357. The first-order valence-corrected chi connectivity index (χ1v) is 6.87. The number of hydrogen-bond acceptors (Lipinski definition) is 2. The van der Waals surface area contributed by atoms with Gasteiger partial charge in [-0.2, -0.15) is 0 Å². The van der Waals surface area contributed by atoms with Crippen molar-refractivity contribution in [2.24, 2.45) is 0 Å². The van der Waals surface area contributed by atoms with E-state index in [-0.39, 0.29) is 18.6 Å². The molecule has 0 radical (unpaired) electrons. The molecule has 0 bridgehead atoms. The molecule has 0 fully saturated rings. The van der Waals surface area contributed by atoms with Gasteiger partial charge in [0.15, 0.2) is 0 Å². The Morgan fingerprint density at radius 1 is 1.47 bits per heavy atom. The lowest BCUT2D eigenvalue weighted by Gasteiger charge is -2.13. The summed E-state index contributed by atoms with van der Waals surface area (Å²) in [5, 5.41) is 12.8. The number of halogens is 2. The number of benzene rings is 1. The Balaban J connectivity index is 2.65. The molecule has 1 unspecified atom stereocenters. The average molecular weight is 302 g/mol. The first-order chi connectivity index (χ1) is 9.06. The van der Waals surface area contributed by atoms with E-state index in [9.17, 15) is 4.79 Å². The number of hydrogen-bond donors (Lipinski definition) is 2. The van der Waals surface area contributed by atoms with Crippen molar-refractivity contribution in [1.82, 2.24) is 5.32 Å². The maximum atomic E-state index is 11.7. The highest BCUT2D eigenvalue weighted by Crippen LogP contribution is 2.21. The van der Waals surface area contributed by atoms with Crippen molar-refractivity contribution < 1.29 is 9.90 Å². The van der Waals surface area contributed by atoms with Crippen LogP contribution in [0.2, 0.25) is 10.0 Å². The van der Waals surface area contributed by atoms with Gasteiger partial charge in [-0.25, -0.2) is 0 Å². The molecule has 0 aromatic heterocycles. The van der Waals surface area contributed by atoms with E-state index >= 15 is 0 Å². The molecule has 0 aliphatic carbocycles. The molecule has 104 valence electrons. The number of amides is 1. The zero-order valence-corrected chi connectivity index (χ0v) is 12.2. The van der Waals surface area contributed by atoms with Crippen molar-refractivity contribution in [2.75, 3.05) is 6.61 Å². The zero-order valence-electron chi connectivity index (χ0n) is 10.7. The second kappa shape index (κ2) is 8.20. The van der Waals surface area contributed by atoms with E-state index < -0.39 is 0 Å². The highest BCUT2D eigenvalue weighted by Gasteiger charge is 2.07. The summed E-state index contributed by atoms with van der Waals surface area (Å²) in [7, 11) is 0. The summed E-state index contributed by atoms with van der Waals surface area (Å²) in [6.07, 6.45) is 4.36. The van der Waals surface area contributed by atoms with Gasteiger partial charge in [-0.1, -0.05) is 30.1 Å². The first kappa shape index (κ1) is 16.0. The predicted octanol–water partition coefficient (Wildman–Crippen LogP) is 3.28. The van der Waals surface area contributed by atoms with Crippen molar-refractivity contribution in [1.29, 1.82) is 0 Å². The van der Waals surface area contributed by atoms with E-state index in [2.05, 4.69) is 5.32 Å². The number of rotatable bonds is 6. The van der Waals surface area contributed by atoms with Gasteiger partial charge in [-0.3, -0.25) is 4.79 Å². The van der Waals surface area contributed by atoms with Crippen molar-refractivity contribution in [3.05, 3.63) is 39.9 Å². The second-order valence-corrected chi connectivity index (χ2v) is 4.97. The predicted molar refractivity (Wildman–Crippen MR) is 79.4 cm³/mol. The van der Waals surface area contributed by atoms with Crippen LogP contribution in [0.3, 0.4) is 0 Å². The van der Waals surface area contributed by atoms with Crippen LogP contribution in [-0.4, -0.2) is 23.7 Å². The SMILES string of the molecule is CCC(CCO)NC(=O)/C=C/c1cc(Cl)ccc1Cl. The van der Waals surface area contributed by atoms with Crippen molar-refractivity contribution in [3.8, 4) is 0 Å². The molecule has 2 N–H and O–H groups in total. The van der Waals surface area contributed by atoms with Gasteiger partial charge in [-0.15, -0.1) is 0 Å². The fourth-order valence-corrected chi connectivity index (χ4v) is 1.95. The molecule has 1 atom stereocenters. The van der Waals surface area contributed by atoms with E-state index in [1.807, 2.05) is 6.92 Å². The molecule has 3 nitrogen and oxygen atoms in total. The van der Waals surface area contributed by atoms with Gasteiger partial charge in [0, 0.05) is 28.8 Å². The summed E-state index contributed by atoms with van der Waals surface area (Å²) in [5.41, 5.74) is 0.694. The standard InChI is InChI=1S/C14H17Cl2NO2/c1-2-12(7-8-18)17-14(19)6-3-10-9-11(15)4-5-13(10)16/h3-6,9,12,18H,2,7-8H2,1H3,(H,17,19)/b6-3+. The Bertz CT molecular complexity index is 461. The smallest absolute Gasteiger partial charge is 0.244 e. The fourth-order valence-electron chi connectivity index (χ4n) is 1.59. The van der Waals surface area contributed by atoms with Crippen LogP contribution < -0.4 is 5.32 Å². The lowest BCUT2D eigenvalue weighted by molar-refractivity contribution is -0.117. The molecular formula is C14H17Cl2NO2. The molecular weight excluding hydrogens is 285 g/mol. The normalized spacial score (nSPS) is 12.6. The van der Waals surface area contributed by atoms with Crippen molar-refractivity contribution >= 4 is 35.2 Å². The Morgan fingerprint density at radius 2 is 2.21 bits per heavy atom. The molecule has 0 saturated carbocycles. The van der Waals surface area contributed by atoms with E-state index in [0.29, 0.717) is 22.0 Å². The van der Waals surface area contributed by atoms with Crippen LogP contribution in [0.4, 0.5) is 0 Å². The van der Waals surface area contributed by atoms with Gasteiger partial charge in [0.25, 0.3) is 0 Å². The minimum atomic E-state index is -0.212. The van der Waals surface area contributed by atoms with Crippen LogP contribution >= 0.6 is 23.2 Å². The van der Waals surface area contributed by atoms with E-state index in [1.165, 1.54) is 6.08 Å². The number of aliphatic hydroxyl groups is 1. The van der Waals surface area contributed by atoms with Crippen LogP contribution in [0.5, 0.6) is 0 Å². The number of nitrogens with one attached hydrogen (secondary N) is 1. The van der Waals surface area contributed by atoms with Crippen molar-refractivity contribution in [2.45, 2.75) is 25.8 Å². The molecule has 1 rings (SSSR count). The van der Waals surface area contributed by atoms with Gasteiger partial charge < -0.3 is 10.4 Å². The molecule has 0 aliphatic rings. The Morgan fingerprint density at radius 3 is 2.84 bits per heavy atom. The molecule has 5 heteroatoms. The van der Waals surface area contributed by atoms with Gasteiger partial charge in [0.05, 0.1) is 0 Å². The third-order valence-corrected chi connectivity index (χ3v) is 3.27. The summed E-state index contributed by atoms with van der Waals surface area (Å²) in [6.45, 7) is 2.01. The monoisotopic (exact) mass is 301 g/mol. The number of aliphatic hydroxyl groups excluding tert-OH is 1. The molecule has 19 heavy (non-hydrogen) atoms. The van der Waals surface area contributed by atoms with Gasteiger partial charge in [-0.05, 0) is 42.7 Å². The van der Waals surface area contributed by atoms with E-state index in [1.54, 1.807) is 24.3 Å². The lowest BCUT2D eigenvalue weighted by atomic mass is 10.1. The second-order valence-electron chi connectivity index (χ2n) is 4.13. The van der Waals surface area contributed by atoms with Crippen LogP contribution in [-0.2, 0) is 4.79 Å². The number of carbonyl (C=O) groups excluding carboxylic acids is 1.